The first-order valence-electron chi connectivity index (χ1n) is 6.70. The zero-order chi connectivity index (χ0) is 15.9. The van der Waals surface area contributed by atoms with Gasteiger partial charge < -0.3 is 5.11 Å². The van der Waals surface area contributed by atoms with Crippen LogP contribution in [0.4, 0.5) is 0 Å². The van der Waals surface area contributed by atoms with Gasteiger partial charge in [0.2, 0.25) is 10.0 Å². The van der Waals surface area contributed by atoms with Crippen LogP contribution in [-0.4, -0.2) is 38.0 Å². The third-order valence-electron chi connectivity index (χ3n) is 2.95. The quantitative estimate of drug-likeness (QED) is 0.633. The lowest BCUT2D eigenvalue weighted by atomic mass is 10.2. The SMILES string of the molecule is CSCCCCCCNS(=O)(=O)c1c(C)csc1C(=O)O. The van der Waals surface area contributed by atoms with E-state index < -0.39 is 16.0 Å². The minimum Gasteiger partial charge on any atom is -0.477 e. The highest BCUT2D eigenvalue weighted by Crippen LogP contribution is 2.26. The molecule has 1 heterocycles. The lowest BCUT2D eigenvalue weighted by Gasteiger charge is -2.07. The Bertz CT molecular complexity index is 566. The highest BCUT2D eigenvalue weighted by molar-refractivity contribution is 7.98. The number of hydrogen-bond donors (Lipinski definition) is 2. The Labute approximate surface area is 134 Å². The number of rotatable bonds is 10. The third-order valence-corrected chi connectivity index (χ3v) is 6.51. The van der Waals surface area contributed by atoms with Crippen molar-refractivity contribution < 1.29 is 18.3 Å². The second-order valence-electron chi connectivity index (χ2n) is 4.69. The zero-order valence-electron chi connectivity index (χ0n) is 12.2. The smallest absolute Gasteiger partial charge is 0.347 e. The van der Waals surface area contributed by atoms with Crippen LogP contribution in [0.5, 0.6) is 0 Å². The maximum atomic E-state index is 12.2. The first-order chi connectivity index (χ1) is 9.90. The van der Waals surface area contributed by atoms with E-state index in [9.17, 15) is 13.2 Å². The molecule has 2 N–H and O–H groups in total. The van der Waals surface area contributed by atoms with Gasteiger partial charge in [-0.25, -0.2) is 17.9 Å². The molecule has 21 heavy (non-hydrogen) atoms. The van der Waals surface area contributed by atoms with Crippen molar-refractivity contribution in [1.29, 1.82) is 0 Å². The lowest BCUT2D eigenvalue weighted by Crippen LogP contribution is -2.26. The summed E-state index contributed by atoms with van der Waals surface area (Å²) in [5, 5.41) is 10.6. The van der Waals surface area contributed by atoms with Gasteiger partial charge in [-0.3, -0.25) is 0 Å². The van der Waals surface area contributed by atoms with Gasteiger partial charge in [-0.05, 0) is 42.7 Å². The largest absolute Gasteiger partial charge is 0.477 e. The van der Waals surface area contributed by atoms with Crippen molar-refractivity contribution in [2.45, 2.75) is 37.5 Å². The van der Waals surface area contributed by atoms with E-state index in [0.717, 1.165) is 42.8 Å². The average molecular weight is 352 g/mol. The molecular formula is C13H21NO4S3. The fourth-order valence-corrected chi connectivity index (χ4v) is 5.11. The van der Waals surface area contributed by atoms with Gasteiger partial charge in [0.05, 0.1) is 0 Å². The van der Waals surface area contributed by atoms with Gasteiger partial charge in [0.1, 0.15) is 9.77 Å². The van der Waals surface area contributed by atoms with Crippen molar-refractivity contribution in [1.82, 2.24) is 4.72 Å². The molecule has 0 fully saturated rings. The molecule has 5 nitrogen and oxygen atoms in total. The molecule has 0 spiro atoms. The molecule has 0 saturated heterocycles. The van der Waals surface area contributed by atoms with E-state index >= 15 is 0 Å². The van der Waals surface area contributed by atoms with Gasteiger partial charge in [0, 0.05) is 6.54 Å². The van der Waals surface area contributed by atoms with E-state index in [-0.39, 0.29) is 9.77 Å². The molecule has 0 aliphatic heterocycles. The predicted octanol–water partition coefficient (Wildman–Crippen LogP) is 2.96. The van der Waals surface area contributed by atoms with Crippen LogP contribution in [0.2, 0.25) is 0 Å². The molecular weight excluding hydrogens is 330 g/mol. The fraction of sp³-hybridized carbons (Fsp3) is 0.615. The second kappa shape index (κ2) is 8.77. The summed E-state index contributed by atoms with van der Waals surface area (Å²) in [6.07, 6.45) is 6.02. The molecule has 8 heteroatoms. The van der Waals surface area contributed by atoms with E-state index in [4.69, 9.17) is 5.11 Å². The molecule has 0 aromatic carbocycles. The van der Waals surface area contributed by atoms with Crippen LogP contribution in [0.3, 0.4) is 0 Å². The normalized spacial score (nSPS) is 11.7. The summed E-state index contributed by atoms with van der Waals surface area (Å²) in [5.41, 5.74) is 0.477. The van der Waals surface area contributed by atoms with E-state index in [1.807, 2.05) is 11.8 Å². The summed E-state index contributed by atoms with van der Waals surface area (Å²) < 4.78 is 26.9. The number of thioether (sulfide) groups is 1. The maximum absolute atomic E-state index is 12.2. The first-order valence-corrected chi connectivity index (χ1v) is 10.5. The Morgan fingerprint density at radius 2 is 2.00 bits per heavy atom. The van der Waals surface area contributed by atoms with Gasteiger partial charge in [-0.1, -0.05) is 12.8 Å². The van der Waals surface area contributed by atoms with Crippen LogP contribution in [0.15, 0.2) is 10.3 Å². The highest BCUT2D eigenvalue weighted by Gasteiger charge is 2.26. The number of carbonyl (C=O) groups is 1. The third kappa shape index (κ3) is 5.61. The minimum atomic E-state index is -3.75. The number of hydrogen-bond acceptors (Lipinski definition) is 5. The standard InChI is InChI=1S/C13H21NO4S3/c1-10-9-20-11(13(15)16)12(10)21(17,18)14-7-5-3-4-6-8-19-2/h9,14H,3-8H2,1-2H3,(H,15,16). The Hall–Kier alpha value is -0.570. The number of thiophene rings is 1. The van der Waals surface area contributed by atoms with Crippen molar-refractivity contribution in [2.24, 2.45) is 0 Å². The molecule has 0 saturated carbocycles. The van der Waals surface area contributed by atoms with E-state index in [1.165, 1.54) is 0 Å². The van der Waals surface area contributed by atoms with Gasteiger partial charge in [0.15, 0.2) is 0 Å². The molecule has 0 aliphatic carbocycles. The number of aryl methyl sites for hydroxylation is 1. The summed E-state index contributed by atoms with van der Waals surface area (Å²) in [7, 11) is -3.75. The molecule has 0 unspecified atom stereocenters. The summed E-state index contributed by atoms with van der Waals surface area (Å²) in [6.45, 7) is 1.95. The molecule has 1 rings (SSSR count). The van der Waals surface area contributed by atoms with Gasteiger partial charge in [0.25, 0.3) is 0 Å². The highest BCUT2D eigenvalue weighted by atomic mass is 32.2. The number of sulfonamides is 1. The van der Waals surface area contributed by atoms with Crippen LogP contribution in [0.25, 0.3) is 0 Å². The van der Waals surface area contributed by atoms with Crippen molar-refractivity contribution in [2.75, 3.05) is 18.6 Å². The summed E-state index contributed by atoms with van der Waals surface area (Å²) in [6, 6.07) is 0. The predicted molar refractivity (Wildman–Crippen MR) is 88.1 cm³/mol. The Balaban J connectivity index is 2.55. The Kier molecular flexibility index (Phi) is 7.72. The molecule has 0 atom stereocenters. The Morgan fingerprint density at radius 1 is 1.33 bits per heavy atom. The zero-order valence-corrected chi connectivity index (χ0v) is 14.7. The number of carboxylic acid groups (broad SMARTS) is 1. The summed E-state index contributed by atoms with van der Waals surface area (Å²) in [4.78, 5) is 10.9. The molecule has 0 amide bonds. The summed E-state index contributed by atoms with van der Waals surface area (Å²) >= 11 is 2.75. The second-order valence-corrected chi connectivity index (χ2v) is 8.26. The molecule has 1 aromatic rings. The van der Waals surface area contributed by atoms with E-state index in [2.05, 4.69) is 11.0 Å². The van der Waals surface area contributed by atoms with Crippen LogP contribution in [-0.2, 0) is 10.0 Å². The topological polar surface area (TPSA) is 83.5 Å². The summed E-state index contributed by atoms with van der Waals surface area (Å²) in [5.74, 6) is -0.0764. The van der Waals surface area contributed by atoms with Gasteiger partial charge in [-0.2, -0.15) is 11.8 Å². The fourth-order valence-electron chi connectivity index (χ4n) is 1.92. The van der Waals surface area contributed by atoms with Crippen molar-refractivity contribution in [3.05, 3.63) is 15.8 Å². The van der Waals surface area contributed by atoms with E-state index in [1.54, 1.807) is 12.3 Å². The number of carboxylic acids is 1. The van der Waals surface area contributed by atoms with E-state index in [0.29, 0.717) is 12.1 Å². The number of unbranched alkanes of at least 4 members (excludes halogenated alkanes) is 3. The van der Waals surface area contributed by atoms with Crippen LogP contribution < -0.4 is 4.72 Å². The molecule has 120 valence electrons. The molecule has 0 bridgehead atoms. The average Bonchev–Trinajstić information content (AvgIpc) is 2.80. The first kappa shape index (κ1) is 18.5. The minimum absolute atomic E-state index is 0.0950. The van der Waals surface area contributed by atoms with Crippen molar-refractivity contribution in [3.8, 4) is 0 Å². The van der Waals surface area contributed by atoms with Crippen LogP contribution in [0, 0.1) is 6.92 Å². The molecule has 0 aliphatic rings. The lowest BCUT2D eigenvalue weighted by molar-refractivity contribution is 0.0698. The molecule has 0 radical (unpaired) electrons. The van der Waals surface area contributed by atoms with Gasteiger partial charge in [-0.15, -0.1) is 11.3 Å². The Morgan fingerprint density at radius 3 is 2.62 bits per heavy atom. The van der Waals surface area contributed by atoms with Crippen molar-refractivity contribution >= 4 is 39.1 Å². The monoisotopic (exact) mass is 351 g/mol. The maximum Gasteiger partial charge on any atom is 0.347 e. The number of nitrogens with one attached hydrogen (secondary N) is 1. The molecule has 1 aromatic heterocycles. The number of aromatic carboxylic acids is 1. The van der Waals surface area contributed by atoms with Crippen LogP contribution >= 0.6 is 23.1 Å². The van der Waals surface area contributed by atoms with Gasteiger partial charge >= 0.3 is 5.97 Å². The van der Waals surface area contributed by atoms with Crippen LogP contribution in [0.1, 0.15) is 40.9 Å². The van der Waals surface area contributed by atoms with Crippen molar-refractivity contribution in [3.63, 3.8) is 0 Å².